The Balaban J connectivity index is 0.00000288. The van der Waals surface area contributed by atoms with Crippen LogP contribution in [0.15, 0.2) is 33.7 Å². The minimum Gasteiger partial charge on any atom is -0.382 e. The topological polar surface area (TPSA) is 54.9 Å². The summed E-state index contributed by atoms with van der Waals surface area (Å²) in [4.78, 5) is 4.27. The summed E-state index contributed by atoms with van der Waals surface area (Å²) in [6.45, 7) is 3.50. The summed E-state index contributed by atoms with van der Waals surface area (Å²) >= 11 is 3.67. The molecule has 7 heteroatoms. The van der Waals surface area contributed by atoms with Crippen LogP contribution in [-0.4, -0.2) is 53.0 Å². The summed E-state index contributed by atoms with van der Waals surface area (Å²) in [5, 5.41) is 6.71. The molecule has 0 radical (unpaired) electrons. The van der Waals surface area contributed by atoms with Gasteiger partial charge in [0.1, 0.15) is 0 Å². The van der Waals surface area contributed by atoms with Crippen LogP contribution in [0.2, 0.25) is 0 Å². The van der Waals surface area contributed by atoms with Crippen LogP contribution >= 0.6 is 39.9 Å². The highest BCUT2D eigenvalue weighted by Crippen LogP contribution is 2.49. The molecule has 0 bridgehead atoms. The highest BCUT2D eigenvalue weighted by molar-refractivity contribution is 14.0. The summed E-state index contributed by atoms with van der Waals surface area (Å²) < 4.78 is 11.6. The first-order chi connectivity index (χ1) is 11.2. The van der Waals surface area contributed by atoms with Gasteiger partial charge in [0.05, 0.1) is 19.8 Å². The average molecular weight is 512 g/mol. The molecule has 0 aromatic heterocycles. The summed E-state index contributed by atoms with van der Waals surface area (Å²) in [5.74, 6) is 0.818. The van der Waals surface area contributed by atoms with Crippen molar-refractivity contribution in [2.75, 3.05) is 47.1 Å². The van der Waals surface area contributed by atoms with Gasteiger partial charge in [0, 0.05) is 37.1 Å². The van der Waals surface area contributed by atoms with Gasteiger partial charge in [0.15, 0.2) is 5.96 Å². The summed E-state index contributed by atoms with van der Waals surface area (Å²) in [7, 11) is 3.46. The van der Waals surface area contributed by atoms with Crippen molar-refractivity contribution in [3.63, 3.8) is 0 Å². The molecule has 0 saturated heterocycles. The summed E-state index contributed by atoms with van der Waals surface area (Å²) in [5.41, 5.74) is 1.61. The zero-order valence-corrected chi connectivity index (χ0v) is 18.2. The van der Waals surface area contributed by atoms with E-state index in [1.54, 1.807) is 14.2 Å². The average Bonchev–Trinajstić information content (AvgIpc) is 3.35. The second-order valence-electron chi connectivity index (χ2n) is 5.72. The van der Waals surface area contributed by atoms with Gasteiger partial charge in [-0.2, -0.15) is 0 Å². The molecule has 136 valence electrons. The minimum atomic E-state index is 0. The quantitative estimate of drug-likeness (QED) is 0.232. The zero-order chi connectivity index (χ0) is 16.5. The number of ether oxygens (including phenoxy) is 2. The summed E-state index contributed by atoms with van der Waals surface area (Å²) in [6.07, 6.45) is 2.42. The Bertz CT molecular complexity index is 524. The second-order valence-corrected chi connectivity index (χ2v) is 6.57. The standard InChI is InChI=1S/C17H26BrN3O2.HI/c1-19-16(20-9-10-23-12-11-22-2)21-13-17(7-8-17)14-5-3-4-6-15(14)18;/h3-6H,7-13H2,1-2H3,(H2,19,20,21);1H. The normalized spacial score (nSPS) is 15.5. The molecule has 1 aliphatic rings. The van der Waals surface area contributed by atoms with Crippen molar-refractivity contribution in [3.05, 3.63) is 34.3 Å². The number of aliphatic imine (C=N–C) groups is 1. The van der Waals surface area contributed by atoms with E-state index in [4.69, 9.17) is 9.47 Å². The van der Waals surface area contributed by atoms with Gasteiger partial charge in [-0.05, 0) is 24.5 Å². The van der Waals surface area contributed by atoms with Crippen LogP contribution in [0, 0.1) is 0 Å². The fourth-order valence-corrected chi connectivity index (χ4v) is 3.25. The van der Waals surface area contributed by atoms with E-state index in [-0.39, 0.29) is 29.4 Å². The number of methoxy groups -OCH3 is 1. The van der Waals surface area contributed by atoms with Crippen LogP contribution in [-0.2, 0) is 14.9 Å². The molecule has 0 heterocycles. The van der Waals surface area contributed by atoms with Crippen molar-refractivity contribution >= 4 is 45.9 Å². The predicted molar refractivity (Wildman–Crippen MR) is 113 cm³/mol. The number of nitrogens with zero attached hydrogens (tertiary/aromatic N) is 1. The molecule has 1 saturated carbocycles. The number of nitrogens with one attached hydrogen (secondary N) is 2. The minimum absolute atomic E-state index is 0. The van der Waals surface area contributed by atoms with Crippen molar-refractivity contribution in [2.45, 2.75) is 18.3 Å². The van der Waals surface area contributed by atoms with Gasteiger partial charge in [0.2, 0.25) is 0 Å². The maximum Gasteiger partial charge on any atom is 0.191 e. The first kappa shape index (κ1) is 21.7. The van der Waals surface area contributed by atoms with E-state index >= 15 is 0 Å². The molecule has 0 spiro atoms. The van der Waals surface area contributed by atoms with Gasteiger partial charge < -0.3 is 20.1 Å². The smallest absolute Gasteiger partial charge is 0.191 e. The molecular weight excluding hydrogens is 485 g/mol. The molecule has 2 N–H and O–H groups in total. The van der Waals surface area contributed by atoms with Crippen molar-refractivity contribution in [3.8, 4) is 0 Å². The van der Waals surface area contributed by atoms with E-state index in [0.29, 0.717) is 19.8 Å². The molecule has 0 atom stereocenters. The number of guanidine groups is 1. The van der Waals surface area contributed by atoms with Crippen LogP contribution in [0.4, 0.5) is 0 Å². The van der Waals surface area contributed by atoms with Crippen LogP contribution in [0.3, 0.4) is 0 Å². The van der Waals surface area contributed by atoms with Gasteiger partial charge >= 0.3 is 0 Å². The first-order valence-electron chi connectivity index (χ1n) is 7.98. The van der Waals surface area contributed by atoms with E-state index in [1.165, 1.54) is 22.9 Å². The number of halogens is 2. The third kappa shape index (κ3) is 6.50. The number of hydrogen-bond acceptors (Lipinski definition) is 3. The molecule has 0 aliphatic heterocycles. The van der Waals surface area contributed by atoms with E-state index in [9.17, 15) is 0 Å². The van der Waals surface area contributed by atoms with E-state index in [1.807, 2.05) is 0 Å². The van der Waals surface area contributed by atoms with Gasteiger partial charge in [-0.3, -0.25) is 4.99 Å². The maximum absolute atomic E-state index is 5.44. The van der Waals surface area contributed by atoms with Gasteiger partial charge in [-0.15, -0.1) is 24.0 Å². The molecular formula is C17H27BrIN3O2. The largest absolute Gasteiger partial charge is 0.382 e. The Morgan fingerprint density at radius 1 is 1.21 bits per heavy atom. The van der Waals surface area contributed by atoms with E-state index < -0.39 is 0 Å². The molecule has 24 heavy (non-hydrogen) atoms. The molecule has 1 aromatic rings. The van der Waals surface area contributed by atoms with E-state index in [2.05, 4.69) is 55.8 Å². The highest BCUT2D eigenvalue weighted by atomic mass is 127. The Morgan fingerprint density at radius 2 is 1.96 bits per heavy atom. The third-order valence-corrected chi connectivity index (χ3v) is 4.78. The van der Waals surface area contributed by atoms with Crippen molar-refractivity contribution < 1.29 is 9.47 Å². The monoisotopic (exact) mass is 511 g/mol. The molecule has 0 amide bonds. The van der Waals surface area contributed by atoms with Gasteiger partial charge in [-0.1, -0.05) is 34.1 Å². The van der Waals surface area contributed by atoms with Crippen molar-refractivity contribution in [1.29, 1.82) is 0 Å². The maximum atomic E-state index is 5.44. The van der Waals surface area contributed by atoms with Crippen LogP contribution in [0.5, 0.6) is 0 Å². The third-order valence-electron chi connectivity index (χ3n) is 4.09. The lowest BCUT2D eigenvalue weighted by atomic mass is 9.96. The number of benzene rings is 1. The lowest BCUT2D eigenvalue weighted by Gasteiger charge is -2.20. The first-order valence-corrected chi connectivity index (χ1v) is 8.77. The fraction of sp³-hybridized carbons (Fsp3) is 0.588. The van der Waals surface area contributed by atoms with Gasteiger partial charge in [-0.25, -0.2) is 0 Å². The summed E-state index contributed by atoms with van der Waals surface area (Å²) in [6, 6.07) is 8.48. The lowest BCUT2D eigenvalue weighted by molar-refractivity contribution is 0.0733. The second kappa shape index (κ2) is 11.3. The molecule has 1 fully saturated rings. The Morgan fingerprint density at radius 3 is 2.58 bits per heavy atom. The Hall–Kier alpha value is -0.380. The Labute approximate surface area is 170 Å². The molecule has 2 rings (SSSR count). The van der Waals surface area contributed by atoms with Crippen molar-refractivity contribution in [2.24, 2.45) is 4.99 Å². The molecule has 5 nitrogen and oxygen atoms in total. The highest BCUT2D eigenvalue weighted by Gasteiger charge is 2.45. The fourth-order valence-electron chi connectivity index (χ4n) is 2.54. The lowest BCUT2D eigenvalue weighted by Crippen LogP contribution is -2.42. The number of rotatable bonds is 9. The SMILES string of the molecule is CN=C(NCCOCCOC)NCC1(c2ccccc2Br)CC1.I. The Kier molecular flexibility index (Phi) is 10.2. The number of hydrogen-bond donors (Lipinski definition) is 2. The predicted octanol–water partition coefficient (Wildman–Crippen LogP) is 2.93. The molecule has 0 unspecified atom stereocenters. The molecule has 1 aromatic carbocycles. The molecule has 1 aliphatic carbocycles. The van der Waals surface area contributed by atoms with Crippen LogP contribution in [0.1, 0.15) is 18.4 Å². The van der Waals surface area contributed by atoms with Gasteiger partial charge in [0.25, 0.3) is 0 Å². The van der Waals surface area contributed by atoms with Crippen LogP contribution < -0.4 is 10.6 Å². The zero-order valence-electron chi connectivity index (χ0n) is 14.3. The van der Waals surface area contributed by atoms with Crippen molar-refractivity contribution in [1.82, 2.24) is 10.6 Å². The van der Waals surface area contributed by atoms with E-state index in [0.717, 1.165) is 19.0 Å². The van der Waals surface area contributed by atoms with Crippen LogP contribution in [0.25, 0.3) is 0 Å².